The zero-order chi connectivity index (χ0) is 25.0. The van der Waals surface area contributed by atoms with Gasteiger partial charge in [0.25, 0.3) is 0 Å². The normalized spacial score (nSPS) is 12.4. The van der Waals surface area contributed by atoms with Crippen LogP contribution in [0.3, 0.4) is 0 Å². The molecule has 0 aliphatic carbocycles. The van der Waals surface area contributed by atoms with E-state index in [1.54, 1.807) is 6.20 Å². The first kappa shape index (κ1) is 25.2. The molecule has 0 aliphatic rings. The van der Waals surface area contributed by atoms with Gasteiger partial charge in [0.1, 0.15) is 26.8 Å². The summed E-state index contributed by atoms with van der Waals surface area (Å²) in [5, 5.41) is 11.6. The van der Waals surface area contributed by atoms with E-state index in [2.05, 4.69) is 43.1 Å². The van der Waals surface area contributed by atoms with E-state index in [1.807, 2.05) is 75.4 Å². The van der Waals surface area contributed by atoms with Crippen molar-refractivity contribution in [3.8, 4) is 16.9 Å². The largest absolute Gasteiger partial charge is 0.490 e. The number of benzene rings is 2. The summed E-state index contributed by atoms with van der Waals surface area (Å²) in [5.74, 6) is 0.551. The van der Waals surface area contributed by atoms with E-state index < -0.39 is 11.7 Å². The Kier molecular flexibility index (Phi) is 7.81. The van der Waals surface area contributed by atoms with Gasteiger partial charge in [-0.15, -0.1) is 0 Å². The third-order valence-electron chi connectivity index (χ3n) is 5.13. The number of H-pyrrole nitrogens is 1. The number of aromatic amines is 1. The molecule has 9 heteroatoms. The highest BCUT2D eigenvalue weighted by atomic mass is 127. The Morgan fingerprint density at radius 1 is 1.17 bits per heavy atom. The highest BCUT2D eigenvalue weighted by Gasteiger charge is 2.21. The first-order valence-corrected chi connectivity index (χ1v) is 12.6. The number of halogens is 2. The molecule has 182 valence electrons. The van der Waals surface area contributed by atoms with E-state index in [-0.39, 0.29) is 12.6 Å². The molecule has 4 aromatic rings. The van der Waals surface area contributed by atoms with E-state index in [9.17, 15) is 4.79 Å². The molecule has 2 aromatic carbocycles. The number of amides is 1. The fourth-order valence-electron chi connectivity index (χ4n) is 3.58. The lowest BCUT2D eigenvalue weighted by Crippen LogP contribution is -2.43. The molecule has 2 aromatic heterocycles. The summed E-state index contributed by atoms with van der Waals surface area (Å²) in [6.07, 6.45) is 1.68. The zero-order valence-corrected chi connectivity index (χ0v) is 22.6. The molecule has 0 bridgehead atoms. The molecule has 2 N–H and O–H groups in total. The van der Waals surface area contributed by atoms with Crippen molar-refractivity contribution in [2.45, 2.75) is 38.8 Å². The Bertz CT molecular complexity index is 1320. The SMILES string of the molecule is CC(C)(C)OC(=O)N[C@H](COc1cnc(Cl)c(-c2ccc3n[nH]c(I)c3c2)c1)Cc1ccccc1. The van der Waals surface area contributed by atoms with Crippen molar-refractivity contribution >= 4 is 51.2 Å². The number of nitrogens with zero attached hydrogens (tertiary/aromatic N) is 2. The Balaban J connectivity index is 1.52. The van der Waals surface area contributed by atoms with Gasteiger partial charge in [0.15, 0.2) is 0 Å². The van der Waals surface area contributed by atoms with Gasteiger partial charge in [0.2, 0.25) is 0 Å². The van der Waals surface area contributed by atoms with Crippen molar-refractivity contribution in [3.63, 3.8) is 0 Å². The second kappa shape index (κ2) is 10.8. The van der Waals surface area contributed by atoms with Crippen molar-refractivity contribution < 1.29 is 14.3 Å². The van der Waals surface area contributed by atoms with Crippen molar-refractivity contribution in [1.82, 2.24) is 20.5 Å². The number of carbonyl (C=O) groups excluding carboxylic acids is 1. The molecule has 0 radical (unpaired) electrons. The number of carbonyl (C=O) groups is 1. The van der Waals surface area contributed by atoms with Crippen LogP contribution in [0, 0.1) is 3.70 Å². The van der Waals surface area contributed by atoms with Crippen LogP contribution in [0.1, 0.15) is 26.3 Å². The van der Waals surface area contributed by atoms with Crippen molar-refractivity contribution in [1.29, 1.82) is 0 Å². The summed E-state index contributed by atoms with van der Waals surface area (Å²) >= 11 is 8.65. The maximum absolute atomic E-state index is 12.4. The molecule has 0 fully saturated rings. The smallest absolute Gasteiger partial charge is 0.408 e. The van der Waals surface area contributed by atoms with E-state index in [4.69, 9.17) is 21.1 Å². The molecular weight excluding hydrogens is 579 g/mol. The lowest BCUT2D eigenvalue weighted by atomic mass is 10.1. The topological polar surface area (TPSA) is 89.1 Å². The van der Waals surface area contributed by atoms with Crippen LogP contribution in [0.25, 0.3) is 22.0 Å². The summed E-state index contributed by atoms with van der Waals surface area (Å²) in [4.78, 5) is 16.8. The summed E-state index contributed by atoms with van der Waals surface area (Å²) in [6.45, 7) is 5.73. The molecule has 0 saturated heterocycles. The molecule has 1 amide bonds. The predicted molar refractivity (Wildman–Crippen MR) is 146 cm³/mol. The quantitative estimate of drug-likeness (QED) is 0.188. The maximum Gasteiger partial charge on any atom is 0.408 e. The van der Waals surface area contributed by atoms with Crippen molar-refractivity contribution in [2.24, 2.45) is 0 Å². The average Bonchev–Trinajstić information content (AvgIpc) is 3.18. The highest BCUT2D eigenvalue weighted by molar-refractivity contribution is 14.1. The van der Waals surface area contributed by atoms with Gasteiger partial charge in [-0.1, -0.05) is 48.0 Å². The lowest BCUT2D eigenvalue weighted by Gasteiger charge is -2.24. The summed E-state index contributed by atoms with van der Waals surface area (Å²) in [5.41, 5.74) is 3.03. The minimum atomic E-state index is -0.592. The number of alkyl carbamates (subject to hydrolysis) is 1. The van der Waals surface area contributed by atoms with Gasteiger partial charge in [-0.2, -0.15) is 5.10 Å². The molecule has 1 atom stereocenters. The van der Waals surface area contributed by atoms with Gasteiger partial charge in [0.05, 0.1) is 17.8 Å². The Hall–Kier alpha value is -2.85. The number of rotatable bonds is 7. The average molecular weight is 605 g/mol. The third-order valence-corrected chi connectivity index (χ3v) is 6.25. The lowest BCUT2D eigenvalue weighted by molar-refractivity contribution is 0.0487. The van der Waals surface area contributed by atoms with Crippen molar-refractivity contribution in [3.05, 3.63) is 75.2 Å². The van der Waals surface area contributed by atoms with Crippen LogP contribution in [0.2, 0.25) is 5.15 Å². The number of nitrogens with one attached hydrogen (secondary N) is 2. The Morgan fingerprint density at radius 3 is 2.69 bits per heavy atom. The predicted octanol–water partition coefficient (Wildman–Crippen LogP) is 6.40. The van der Waals surface area contributed by atoms with Crippen LogP contribution < -0.4 is 10.1 Å². The van der Waals surface area contributed by atoms with E-state index in [0.29, 0.717) is 17.3 Å². The van der Waals surface area contributed by atoms with Gasteiger partial charge < -0.3 is 14.8 Å². The minimum Gasteiger partial charge on any atom is -0.490 e. The van der Waals surface area contributed by atoms with Crippen LogP contribution in [0.5, 0.6) is 5.75 Å². The van der Waals surface area contributed by atoms with Gasteiger partial charge in [-0.05, 0) is 79.1 Å². The fraction of sp³-hybridized carbons (Fsp3) is 0.269. The van der Waals surface area contributed by atoms with E-state index in [0.717, 1.165) is 31.3 Å². The van der Waals surface area contributed by atoms with Gasteiger partial charge in [-0.3, -0.25) is 5.10 Å². The molecule has 2 heterocycles. The number of fused-ring (bicyclic) bond motifs is 1. The van der Waals surface area contributed by atoms with Gasteiger partial charge >= 0.3 is 6.09 Å². The van der Waals surface area contributed by atoms with Crippen LogP contribution >= 0.6 is 34.2 Å². The highest BCUT2D eigenvalue weighted by Crippen LogP contribution is 2.32. The van der Waals surface area contributed by atoms with Crippen molar-refractivity contribution in [2.75, 3.05) is 6.61 Å². The first-order chi connectivity index (χ1) is 16.7. The Labute approximate surface area is 222 Å². The molecule has 0 aliphatic heterocycles. The monoisotopic (exact) mass is 604 g/mol. The number of hydrogen-bond acceptors (Lipinski definition) is 5. The van der Waals surface area contributed by atoms with E-state index in [1.165, 1.54) is 0 Å². The molecule has 0 spiro atoms. The molecule has 0 saturated carbocycles. The molecular formula is C26H26ClIN4O3. The number of aromatic nitrogens is 3. The van der Waals surface area contributed by atoms with Crippen LogP contribution in [0.15, 0.2) is 60.8 Å². The van der Waals surface area contributed by atoms with Crippen LogP contribution in [-0.4, -0.2) is 39.5 Å². The van der Waals surface area contributed by atoms with Crippen LogP contribution in [-0.2, 0) is 11.2 Å². The molecule has 7 nitrogen and oxygen atoms in total. The molecule has 35 heavy (non-hydrogen) atoms. The standard InChI is InChI=1S/C26H26ClIN4O3/c1-26(2,3)35-25(33)30-18(11-16-7-5-4-6-8-16)15-34-19-13-20(23(27)29-14-19)17-9-10-22-21(12-17)24(28)32-31-22/h4-10,12-14,18H,11,15H2,1-3H3,(H,30,33)(H,31,32)/t18-/m0/s1. The summed E-state index contributed by atoms with van der Waals surface area (Å²) in [7, 11) is 0. The second-order valence-electron chi connectivity index (χ2n) is 9.12. The fourth-order valence-corrected chi connectivity index (χ4v) is 4.34. The number of pyridine rings is 1. The second-order valence-corrected chi connectivity index (χ2v) is 10.6. The Morgan fingerprint density at radius 2 is 1.94 bits per heavy atom. The summed E-state index contributed by atoms with van der Waals surface area (Å²) in [6, 6.07) is 17.4. The zero-order valence-electron chi connectivity index (χ0n) is 19.6. The first-order valence-electron chi connectivity index (χ1n) is 11.1. The maximum atomic E-state index is 12.4. The van der Waals surface area contributed by atoms with Gasteiger partial charge in [-0.25, -0.2) is 9.78 Å². The number of hydrogen-bond donors (Lipinski definition) is 2. The van der Waals surface area contributed by atoms with Crippen LogP contribution in [0.4, 0.5) is 4.79 Å². The number of ether oxygens (including phenoxy) is 2. The van der Waals surface area contributed by atoms with Gasteiger partial charge in [0, 0.05) is 10.9 Å². The summed E-state index contributed by atoms with van der Waals surface area (Å²) < 4.78 is 12.5. The molecule has 4 rings (SSSR count). The third kappa shape index (κ3) is 6.85. The molecule has 0 unspecified atom stereocenters. The van der Waals surface area contributed by atoms with E-state index >= 15 is 0 Å². The minimum absolute atomic E-state index is 0.232.